The Morgan fingerprint density at radius 2 is 1.00 bits per heavy atom. The molecule has 0 rings (SSSR count). The molecule has 0 aromatic rings. The maximum Gasteiger partial charge on any atom is 2.00 e. The van der Waals surface area contributed by atoms with E-state index in [1.807, 2.05) is 0 Å². The van der Waals surface area contributed by atoms with Crippen molar-refractivity contribution in [2.45, 2.75) is 27.7 Å². The Morgan fingerprint density at radius 3 is 1.00 bits per heavy atom. The Bertz CT molecular complexity index is 232. The molecule has 0 aromatic carbocycles. The van der Waals surface area contributed by atoms with Gasteiger partial charge in [-0.15, -0.1) is 11.5 Å². The maximum atomic E-state index is 9.98. The van der Waals surface area contributed by atoms with Gasteiger partial charge in [-0.05, 0) is 26.0 Å². The smallest absolute Gasteiger partial charge is 0.876 e. The van der Waals surface area contributed by atoms with Gasteiger partial charge < -0.3 is 15.7 Å². The van der Waals surface area contributed by atoms with Crippen LogP contribution in [0.15, 0.2) is 23.7 Å². The standard InChI is InChI=1S/2C5H8O2.Cd.H2O/c2*1-4(6)3-5(2)7;;/h2*3,6H,1-2H3;;1H2/q;;+2;/p-2. The van der Waals surface area contributed by atoms with Crippen LogP contribution >= 0.6 is 0 Å². The van der Waals surface area contributed by atoms with Crippen LogP contribution in [0.4, 0.5) is 0 Å². The van der Waals surface area contributed by atoms with Crippen LogP contribution in [0.1, 0.15) is 27.7 Å². The van der Waals surface area contributed by atoms with E-state index in [4.69, 9.17) is 0 Å². The van der Waals surface area contributed by atoms with Crippen LogP contribution in [0.5, 0.6) is 0 Å². The van der Waals surface area contributed by atoms with E-state index in [0.29, 0.717) is 0 Å². The molecule has 0 radical (unpaired) electrons. The molecular weight excluding hydrogens is 313 g/mol. The van der Waals surface area contributed by atoms with Gasteiger partial charge in [-0.25, -0.2) is 0 Å². The minimum absolute atomic E-state index is 0. The summed E-state index contributed by atoms with van der Waals surface area (Å²) in [5.74, 6) is -0.750. The molecule has 0 atom stereocenters. The van der Waals surface area contributed by atoms with E-state index in [0.717, 1.165) is 12.2 Å². The van der Waals surface area contributed by atoms with Gasteiger partial charge in [-0.2, -0.15) is 0 Å². The molecule has 0 spiro atoms. The molecule has 6 heteroatoms. The van der Waals surface area contributed by atoms with E-state index in [-0.39, 0.29) is 55.9 Å². The van der Waals surface area contributed by atoms with E-state index in [9.17, 15) is 19.8 Å². The number of rotatable bonds is 2. The second kappa shape index (κ2) is 14.3. The fraction of sp³-hybridized carbons (Fsp3) is 0.400. The van der Waals surface area contributed by atoms with E-state index in [1.165, 1.54) is 27.7 Å². The predicted octanol–water partition coefficient (Wildman–Crippen LogP) is -1.15. The van der Waals surface area contributed by atoms with Crippen molar-refractivity contribution in [2.75, 3.05) is 0 Å². The third kappa shape index (κ3) is 37.8. The maximum absolute atomic E-state index is 9.98. The minimum atomic E-state index is -0.187. The molecule has 0 heterocycles. The van der Waals surface area contributed by atoms with Crippen LogP contribution in [0, 0.1) is 0 Å². The van der Waals surface area contributed by atoms with Gasteiger partial charge in [0.15, 0.2) is 11.6 Å². The zero-order valence-electron chi connectivity index (χ0n) is 9.99. The summed E-state index contributed by atoms with van der Waals surface area (Å²) in [6.07, 6.45) is 2.11. The quantitative estimate of drug-likeness (QED) is 0.362. The molecule has 0 fully saturated rings. The summed E-state index contributed by atoms with van der Waals surface area (Å²) in [4.78, 5) is 20.0. The zero-order valence-corrected chi connectivity index (χ0v) is 14.0. The largest absolute Gasteiger partial charge is 2.00 e. The van der Waals surface area contributed by atoms with Crippen molar-refractivity contribution >= 4 is 11.6 Å². The zero-order chi connectivity index (χ0) is 11.7. The molecule has 0 aliphatic heterocycles. The molecule has 5 nitrogen and oxygen atoms in total. The monoisotopic (exact) mass is 330 g/mol. The first-order valence-electron chi connectivity index (χ1n) is 3.97. The summed E-state index contributed by atoms with van der Waals surface area (Å²) < 4.78 is 0. The minimum Gasteiger partial charge on any atom is -0.876 e. The van der Waals surface area contributed by atoms with Crippen LogP contribution in [0.2, 0.25) is 0 Å². The van der Waals surface area contributed by atoms with Crippen molar-refractivity contribution in [1.29, 1.82) is 0 Å². The molecular formula is C10H16CdO5. The van der Waals surface area contributed by atoms with Gasteiger partial charge in [0.25, 0.3) is 0 Å². The number of carbonyl (C=O) groups excluding carboxylic acids is 2. The van der Waals surface area contributed by atoms with E-state index < -0.39 is 0 Å². The molecule has 0 unspecified atom stereocenters. The predicted molar refractivity (Wildman–Crippen MR) is 52.5 cm³/mol. The van der Waals surface area contributed by atoms with Gasteiger partial charge in [0.2, 0.25) is 0 Å². The summed E-state index contributed by atoms with van der Waals surface area (Å²) in [5.41, 5.74) is 0. The van der Waals surface area contributed by atoms with Crippen molar-refractivity contribution in [2.24, 2.45) is 0 Å². The third-order valence-electron chi connectivity index (χ3n) is 0.813. The summed E-state index contributed by atoms with van der Waals surface area (Å²) in [7, 11) is 0. The number of ketones is 2. The first-order valence-corrected chi connectivity index (χ1v) is 3.97. The van der Waals surface area contributed by atoms with E-state index >= 15 is 0 Å². The number of allylic oxidation sites excluding steroid dienone is 4. The molecule has 0 bridgehead atoms. The SMILES string of the molecule is CC(=O)C=C(C)[O-].CC(=O)C=C(C)[O-].O.[Cd+2]. The third-order valence-corrected chi connectivity index (χ3v) is 0.813. The van der Waals surface area contributed by atoms with Crippen molar-refractivity contribution in [1.82, 2.24) is 0 Å². The normalized spacial score (nSPS) is 10.0. The Balaban J connectivity index is -0.0000000800. The average molecular weight is 329 g/mol. The van der Waals surface area contributed by atoms with Crippen LogP contribution < -0.4 is 10.2 Å². The van der Waals surface area contributed by atoms with Crippen LogP contribution in [-0.2, 0) is 36.9 Å². The summed E-state index contributed by atoms with van der Waals surface area (Å²) in [6.45, 7) is 5.39. The summed E-state index contributed by atoms with van der Waals surface area (Å²) in [5, 5.41) is 20.0. The average Bonchev–Trinajstić information content (AvgIpc) is 1.79. The number of hydrogen-bond acceptors (Lipinski definition) is 4. The van der Waals surface area contributed by atoms with Gasteiger partial charge in [0, 0.05) is 0 Å². The molecule has 16 heavy (non-hydrogen) atoms. The topological polar surface area (TPSA) is 112 Å². The van der Waals surface area contributed by atoms with Crippen molar-refractivity contribution < 1.29 is 52.6 Å². The van der Waals surface area contributed by atoms with Crippen molar-refractivity contribution in [3.8, 4) is 0 Å². The molecule has 0 aliphatic carbocycles. The van der Waals surface area contributed by atoms with Crippen LogP contribution in [0.3, 0.4) is 0 Å². The number of hydrogen-bond donors (Lipinski definition) is 0. The van der Waals surface area contributed by atoms with Crippen molar-refractivity contribution in [3.05, 3.63) is 23.7 Å². The summed E-state index contributed by atoms with van der Waals surface area (Å²) >= 11 is 0. The fourth-order valence-corrected chi connectivity index (χ4v) is 0.572. The molecule has 2 N–H and O–H groups in total. The van der Waals surface area contributed by atoms with E-state index in [2.05, 4.69) is 0 Å². The fourth-order valence-electron chi connectivity index (χ4n) is 0.572. The molecule has 0 aliphatic rings. The Morgan fingerprint density at radius 1 is 0.812 bits per heavy atom. The Kier molecular flexibility index (Phi) is 21.9. The molecule has 88 valence electrons. The summed E-state index contributed by atoms with van der Waals surface area (Å²) in [6, 6.07) is 0. The molecule has 0 saturated carbocycles. The Labute approximate surface area is 115 Å². The number of carbonyl (C=O) groups is 2. The Hall–Kier alpha value is -0.698. The second-order valence-corrected chi connectivity index (χ2v) is 2.73. The second-order valence-electron chi connectivity index (χ2n) is 2.73. The van der Waals surface area contributed by atoms with Gasteiger partial charge in [-0.1, -0.05) is 13.8 Å². The van der Waals surface area contributed by atoms with Gasteiger partial charge in [-0.3, -0.25) is 9.59 Å². The van der Waals surface area contributed by atoms with Gasteiger partial charge in [0.05, 0.1) is 0 Å². The first kappa shape index (κ1) is 24.5. The molecule has 0 amide bonds. The van der Waals surface area contributed by atoms with Crippen molar-refractivity contribution in [3.63, 3.8) is 0 Å². The molecule has 0 aromatic heterocycles. The first-order chi connectivity index (χ1) is 6.25. The van der Waals surface area contributed by atoms with Gasteiger partial charge in [0.1, 0.15) is 0 Å². The van der Waals surface area contributed by atoms with Crippen LogP contribution in [0.25, 0.3) is 0 Å². The molecule has 0 saturated heterocycles. The van der Waals surface area contributed by atoms with E-state index in [1.54, 1.807) is 0 Å². The van der Waals surface area contributed by atoms with Gasteiger partial charge >= 0.3 is 27.3 Å². The van der Waals surface area contributed by atoms with Crippen LogP contribution in [-0.4, -0.2) is 17.0 Å².